The van der Waals surface area contributed by atoms with Crippen molar-refractivity contribution in [2.24, 2.45) is 11.7 Å². The second kappa shape index (κ2) is 7.05. The zero-order chi connectivity index (χ0) is 15.3. The van der Waals surface area contributed by atoms with E-state index in [9.17, 15) is 8.42 Å². The average molecular weight is 308 g/mol. The minimum absolute atomic E-state index is 0.0921. The van der Waals surface area contributed by atoms with E-state index < -0.39 is 10.0 Å². The SMILES string of the molecule is CC1OCCC1CNS(=O)(=O)c1cccc(C#CCN)c1. The van der Waals surface area contributed by atoms with E-state index in [1.165, 1.54) is 0 Å². The van der Waals surface area contributed by atoms with Crippen LogP contribution in [0.2, 0.25) is 0 Å². The topological polar surface area (TPSA) is 81.4 Å². The summed E-state index contributed by atoms with van der Waals surface area (Å²) < 4.78 is 32.7. The van der Waals surface area contributed by atoms with Gasteiger partial charge in [-0.05, 0) is 31.5 Å². The normalized spacial score (nSPS) is 21.8. The Hall–Kier alpha value is -1.39. The van der Waals surface area contributed by atoms with E-state index in [-0.39, 0.29) is 23.5 Å². The Morgan fingerprint density at radius 3 is 2.95 bits per heavy atom. The van der Waals surface area contributed by atoms with Gasteiger partial charge in [0.2, 0.25) is 10.0 Å². The van der Waals surface area contributed by atoms with Crippen molar-refractivity contribution in [3.05, 3.63) is 29.8 Å². The van der Waals surface area contributed by atoms with Gasteiger partial charge in [-0.2, -0.15) is 0 Å². The predicted molar refractivity (Wildman–Crippen MR) is 81.1 cm³/mol. The van der Waals surface area contributed by atoms with Crippen molar-refractivity contribution in [2.45, 2.75) is 24.3 Å². The fourth-order valence-electron chi connectivity index (χ4n) is 2.24. The van der Waals surface area contributed by atoms with Crippen molar-refractivity contribution in [3.63, 3.8) is 0 Å². The fourth-order valence-corrected chi connectivity index (χ4v) is 3.38. The molecule has 1 saturated heterocycles. The smallest absolute Gasteiger partial charge is 0.240 e. The van der Waals surface area contributed by atoms with Crippen molar-refractivity contribution < 1.29 is 13.2 Å². The van der Waals surface area contributed by atoms with Crippen LogP contribution < -0.4 is 10.5 Å². The van der Waals surface area contributed by atoms with E-state index in [1.807, 2.05) is 6.92 Å². The maximum absolute atomic E-state index is 12.3. The molecule has 0 saturated carbocycles. The highest BCUT2D eigenvalue weighted by Gasteiger charge is 2.26. The van der Waals surface area contributed by atoms with Gasteiger partial charge in [-0.3, -0.25) is 0 Å². The molecule has 1 heterocycles. The molecule has 1 fully saturated rings. The highest BCUT2D eigenvalue weighted by Crippen LogP contribution is 2.20. The molecule has 3 N–H and O–H groups in total. The molecule has 2 unspecified atom stereocenters. The Labute approximate surface area is 125 Å². The highest BCUT2D eigenvalue weighted by atomic mass is 32.2. The van der Waals surface area contributed by atoms with Gasteiger partial charge < -0.3 is 10.5 Å². The molecule has 1 aromatic rings. The number of ether oxygens (including phenoxy) is 1. The molecule has 1 aliphatic heterocycles. The molecule has 2 atom stereocenters. The maximum atomic E-state index is 12.3. The summed E-state index contributed by atoms with van der Waals surface area (Å²) in [5.41, 5.74) is 5.95. The lowest BCUT2D eigenvalue weighted by Gasteiger charge is -2.15. The highest BCUT2D eigenvalue weighted by molar-refractivity contribution is 7.89. The van der Waals surface area contributed by atoms with Crippen LogP contribution in [0.15, 0.2) is 29.2 Å². The second-order valence-electron chi connectivity index (χ2n) is 5.01. The number of benzene rings is 1. The molecule has 2 rings (SSSR count). The number of hydrogen-bond acceptors (Lipinski definition) is 4. The van der Waals surface area contributed by atoms with Crippen LogP contribution in [0.4, 0.5) is 0 Å². The zero-order valence-corrected chi connectivity index (χ0v) is 12.8. The second-order valence-corrected chi connectivity index (χ2v) is 6.78. The molecule has 1 aromatic carbocycles. The first-order valence-corrected chi connectivity index (χ1v) is 8.41. The molecule has 0 radical (unpaired) electrons. The molecule has 6 heteroatoms. The number of hydrogen-bond donors (Lipinski definition) is 2. The molecule has 114 valence electrons. The summed E-state index contributed by atoms with van der Waals surface area (Å²) in [6.07, 6.45) is 0.973. The van der Waals surface area contributed by atoms with Crippen LogP contribution in [0.3, 0.4) is 0 Å². The van der Waals surface area contributed by atoms with E-state index in [2.05, 4.69) is 16.6 Å². The minimum atomic E-state index is -3.52. The summed E-state index contributed by atoms with van der Waals surface area (Å²) >= 11 is 0. The van der Waals surface area contributed by atoms with Gasteiger partial charge >= 0.3 is 0 Å². The zero-order valence-electron chi connectivity index (χ0n) is 12.0. The van der Waals surface area contributed by atoms with Gasteiger partial charge in [0, 0.05) is 24.6 Å². The van der Waals surface area contributed by atoms with Crippen LogP contribution in [0.5, 0.6) is 0 Å². The quantitative estimate of drug-likeness (QED) is 0.802. The van der Waals surface area contributed by atoms with Crippen molar-refractivity contribution >= 4 is 10.0 Å². The lowest BCUT2D eigenvalue weighted by Crippen LogP contribution is -2.32. The summed E-state index contributed by atoms with van der Waals surface area (Å²) in [7, 11) is -3.52. The first-order chi connectivity index (χ1) is 10.0. The van der Waals surface area contributed by atoms with E-state index in [0.717, 1.165) is 6.42 Å². The first kappa shape index (κ1) is 16.0. The largest absolute Gasteiger partial charge is 0.378 e. The molecular weight excluding hydrogens is 288 g/mol. The van der Waals surface area contributed by atoms with Crippen LogP contribution in [0, 0.1) is 17.8 Å². The van der Waals surface area contributed by atoms with Crippen LogP contribution in [-0.2, 0) is 14.8 Å². The van der Waals surface area contributed by atoms with E-state index in [4.69, 9.17) is 10.5 Å². The van der Waals surface area contributed by atoms with Crippen LogP contribution >= 0.6 is 0 Å². The third kappa shape index (κ3) is 4.29. The monoisotopic (exact) mass is 308 g/mol. The van der Waals surface area contributed by atoms with Crippen LogP contribution in [0.1, 0.15) is 18.9 Å². The number of rotatable bonds is 4. The molecular formula is C15H20N2O3S. The Morgan fingerprint density at radius 1 is 1.48 bits per heavy atom. The molecule has 0 aromatic heterocycles. The first-order valence-electron chi connectivity index (χ1n) is 6.93. The molecule has 5 nitrogen and oxygen atoms in total. The van der Waals surface area contributed by atoms with Crippen molar-refractivity contribution in [2.75, 3.05) is 19.7 Å². The van der Waals surface area contributed by atoms with Gasteiger partial charge in [0.25, 0.3) is 0 Å². The fraction of sp³-hybridized carbons (Fsp3) is 0.467. The van der Waals surface area contributed by atoms with E-state index >= 15 is 0 Å². The summed E-state index contributed by atoms with van der Waals surface area (Å²) in [5, 5.41) is 0. The lowest BCUT2D eigenvalue weighted by molar-refractivity contribution is 0.107. The number of nitrogens with two attached hydrogens (primary N) is 1. The van der Waals surface area contributed by atoms with Crippen molar-refractivity contribution in [3.8, 4) is 11.8 Å². The Balaban J connectivity index is 2.08. The number of nitrogens with one attached hydrogen (secondary N) is 1. The summed E-state index contributed by atoms with van der Waals surface area (Å²) in [4.78, 5) is 0.220. The molecule has 0 bridgehead atoms. The molecule has 0 amide bonds. The summed E-state index contributed by atoms with van der Waals surface area (Å²) in [5.74, 6) is 5.77. The third-order valence-corrected chi connectivity index (χ3v) is 4.97. The molecule has 0 aliphatic carbocycles. The Kier molecular flexibility index (Phi) is 5.37. The van der Waals surface area contributed by atoms with E-state index in [0.29, 0.717) is 18.7 Å². The molecule has 1 aliphatic rings. The standard InChI is InChI=1S/C15H20N2O3S/c1-12-14(7-9-20-12)11-17-21(18,19)15-6-2-4-13(10-15)5-3-8-16/h2,4,6,10,12,14,17H,7-9,11,16H2,1H3. The van der Waals surface area contributed by atoms with Crippen LogP contribution in [0.25, 0.3) is 0 Å². The Morgan fingerprint density at radius 2 is 2.29 bits per heavy atom. The predicted octanol–water partition coefficient (Wildman–Crippen LogP) is 0.700. The van der Waals surface area contributed by atoms with E-state index in [1.54, 1.807) is 24.3 Å². The minimum Gasteiger partial charge on any atom is -0.378 e. The van der Waals surface area contributed by atoms with Crippen molar-refractivity contribution in [1.29, 1.82) is 0 Å². The lowest BCUT2D eigenvalue weighted by atomic mass is 10.0. The average Bonchev–Trinajstić information content (AvgIpc) is 2.89. The van der Waals surface area contributed by atoms with Gasteiger partial charge in [0.05, 0.1) is 17.5 Å². The number of sulfonamides is 1. The van der Waals surface area contributed by atoms with Gasteiger partial charge in [-0.15, -0.1) is 0 Å². The Bertz CT molecular complexity index is 646. The summed E-state index contributed by atoms with van der Waals surface area (Å²) in [6, 6.07) is 6.55. The third-order valence-electron chi connectivity index (χ3n) is 3.55. The maximum Gasteiger partial charge on any atom is 0.240 e. The van der Waals surface area contributed by atoms with Gasteiger partial charge in [-0.25, -0.2) is 13.1 Å². The van der Waals surface area contributed by atoms with Gasteiger partial charge in [0.15, 0.2) is 0 Å². The van der Waals surface area contributed by atoms with Crippen molar-refractivity contribution in [1.82, 2.24) is 4.72 Å². The van der Waals surface area contributed by atoms with Crippen LogP contribution in [-0.4, -0.2) is 34.2 Å². The molecule has 21 heavy (non-hydrogen) atoms. The molecule has 0 spiro atoms. The van der Waals surface area contributed by atoms with Gasteiger partial charge in [0.1, 0.15) is 0 Å². The summed E-state index contributed by atoms with van der Waals surface area (Å²) in [6.45, 7) is 3.30. The van der Waals surface area contributed by atoms with Gasteiger partial charge in [-0.1, -0.05) is 17.9 Å².